The Morgan fingerprint density at radius 3 is 2.12 bits per heavy atom. The first kappa shape index (κ1) is 18.4. The van der Waals surface area contributed by atoms with Gasteiger partial charge in [-0.05, 0) is 36.1 Å². The predicted octanol–water partition coefficient (Wildman–Crippen LogP) is 3.76. The molecule has 0 saturated carbocycles. The zero-order chi connectivity index (χ0) is 18.6. The van der Waals surface area contributed by atoms with Crippen LogP contribution in [0.15, 0.2) is 48.5 Å². The van der Waals surface area contributed by atoms with Gasteiger partial charge in [-0.3, -0.25) is 14.4 Å². The number of ketones is 1. The molecular formula is C20H22N2O3. The number of Topliss-reactive ketones (excluding diaryl/α,β-unsaturated/α-hetero) is 1. The van der Waals surface area contributed by atoms with Gasteiger partial charge in [-0.15, -0.1) is 0 Å². The van der Waals surface area contributed by atoms with Crippen LogP contribution in [0.3, 0.4) is 0 Å². The third-order valence-electron chi connectivity index (χ3n) is 3.72. The second kappa shape index (κ2) is 7.30. The molecule has 0 aliphatic rings. The van der Waals surface area contributed by atoms with Crippen molar-refractivity contribution in [3.63, 3.8) is 0 Å². The van der Waals surface area contributed by atoms with E-state index in [4.69, 9.17) is 0 Å². The number of hydrogen-bond donors (Lipinski definition) is 2. The summed E-state index contributed by atoms with van der Waals surface area (Å²) in [4.78, 5) is 35.8. The van der Waals surface area contributed by atoms with E-state index in [0.29, 0.717) is 16.9 Å². The molecule has 0 fully saturated rings. The number of carbonyl (C=O) groups is 3. The van der Waals surface area contributed by atoms with Crippen molar-refractivity contribution in [1.29, 1.82) is 0 Å². The molecule has 5 heteroatoms. The summed E-state index contributed by atoms with van der Waals surface area (Å²) in [5, 5.41) is 5.17. The van der Waals surface area contributed by atoms with Crippen molar-refractivity contribution in [3.8, 4) is 0 Å². The first-order valence-electron chi connectivity index (χ1n) is 8.01. The van der Waals surface area contributed by atoms with E-state index in [-0.39, 0.29) is 11.2 Å². The number of benzene rings is 2. The van der Waals surface area contributed by atoms with E-state index < -0.39 is 11.8 Å². The summed E-state index contributed by atoms with van der Waals surface area (Å²) in [5.41, 5.74) is 2.24. The van der Waals surface area contributed by atoms with Gasteiger partial charge in [0.25, 0.3) is 0 Å². The lowest BCUT2D eigenvalue weighted by molar-refractivity contribution is -0.133. The lowest BCUT2D eigenvalue weighted by Gasteiger charge is -2.22. The molecule has 0 bridgehead atoms. The second-order valence-electron chi connectivity index (χ2n) is 6.84. The van der Waals surface area contributed by atoms with Gasteiger partial charge in [0.15, 0.2) is 5.78 Å². The first-order chi connectivity index (χ1) is 11.7. The third kappa shape index (κ3) is 4.76. The Hall–Kier alpha value is -2.95. The number of carbonyl (C=O) groups excluding carboxylic acids is 3. The maximum Gasteiger partial charge on any atom is 0.314 e. The molecule has 0 aliphatic carbocycles. The van der Waals surface area contributed by atoms with Crippen LogP contribution in [-0.4, -0.2) is 17.6 Å². The van der Waals surface area contributed by atoms with E-state index in [1.807, 2.05) is 32.9 Å². The van der Waals surface area contributed by atoms with Gasteiger partial charge in [0.1, 0.15) is 0 Å². The Morgan fingerprint density at radius 1 is 0.840 bits per heavy atom. The highest BCUT2D eigenvalue weighted by molar-refractivity contribution is 6.43. The maximum absolute atomic E-state index is 12.2. The number of hydrogen-bond acceptors (Lipinski definition) is 3. The van der Waals surface area contributed by atoms with E-state index >= 15 is 0 Å². The molecule has 2 aromatic carbocycles. The highest BCUT2D eigenvalue weighted by Crippen LogP contribution is 2.29. The summed E-state index contributed by atoms with van der Waals surface area (Å²) in [7, 11) is 0. The van der Waals surface area contributed by atoms with Crippen molar-refractivity contribution < 1.29 is 14.4 Å². The van der Waals surface area contributed by atoms with Crippen LogP contribution in [0.25, 0.3) is 0 Å². The summed E-state index contributed by atoms with van der Waals surface area (Å²) < 4.78 is 0. The summed E-state index contributed by atoms with van der Waals surface area (Å²) >= 11 is 0. The second-order valence-corrected chi connectivity index (χ2v) is 6.84. The summed E-state index contributed by atoms with van der Waals surface area (Å²) in [6.45, 7) is 7.54. The van der Waals surface area contributed by atoms with Crippen LogP contribution < -0.4 is 10.6 Å². The average molecular weight is 338 g/mol. The molecule has 0 spiro atoms. The molecule has 0 atom stereocenters. The molecule has 2 aromatic rings. The fraction of sp³-hybridized carbons (Fsp3) is 0.250. The van der Waals surface area contributed by atoms with Gasteiger partial charge in [-0.2, -0.15) is 0 Å². The van der Waals surface area contributed by atoms with E-state index in [1.54, 1.807) is 30.3 Å². The minimum Gasteiger partial charge on any atom is -0.318 e. The molecule has 25 heavy (non-hydrogen) atoms. The Kier molecular flexibility index (Phi) is 5.37. The highest BCUT2D eigenvalue weighted by Gasteiger charge is 2.21. The number of para-hydroxylation sites is 1. The zero-order valence-corrected chi connectivity index (χ0v) is 14.8. The Morgan fingerprint density at radius 2 is 1.48 bits per heavy atom. The van der Waals surface area contributed by atoms with E-state index in [2.05, 4.69) is 10.6 Å². The monoisotopic (exact) mass is 338 g/mol. The van der Waals surface area contributed by atoms with Crippen LogP contribution >= 0.6 is 0 Å². The van der Waals surface area contributed by atoms with Crippen LogP contribution in [-0.2, 0) is 15.0 Å². The molecular weight excluding hydrogens is 316 g/mol. The van der Waals surface area contributed by atoms with Gasteiger partial charge in [0.05, 0.1) is 0 Å². The van der Waals surface area contributed by atoms with Crippen LogP contribution in [0, 0.1) is 0 Å². The summed E-state index contributed by atoms with van der Waals surface area (Å²) in [6, 6.07) is 13.8. The van der Waals surface area contributed by atoms with Gasteiger partial charge in [-0.25, -0.2) is 0 Å². The lowest BCUT2D eigenvalue weighted by Crippen LogP contribution is -2.30. The number of amides is 2. The predicted molar refractivity (Wildman–Crippen MR) is 98.8 cm³/mol. The number of anilines is 2. The number of rotatable bonds is 3. The normalized spacial score (nSPS) is 10.9. The van der Waals surface area contributed by atoms with Gasteiger partial charge >= 0.3 is 11.8 Å². The molecule has 0 heterocycles. The molecule has 2 amide bonds. The molecule has 0 saturated heterocycles. The Balaban J connectivity index is 2.13. The third-order valence-corrected chi connectivity index (χ3v) is 3.72. The van der Waals surface area contributed by atoms with E-state index in [0.717, 1.165) is 5.56 Å². The fourth-order valence-electron chi connectivity index (χ4n) is 2.43. The maximum atomic E-state index is 12.2. The summed E-state index contributed by atoms with van der Waals surface area (Å²) in [5.74, 6) is -1.66. The minimum atomic E-state index is -0.788. The van der Waals surface area contributed by atoms with Crippen molar-refractivity contribution in [3.05, 3.63) is 59.7 Å². The van der Waals surface area contributed by atoms with E-state index in [1.165, 1.54) is 13.0 Å². The smallest absolute Gasteiger partial charge is 0.314 e. The molecule has 2 N–H and O–H groups in total. The first-order valence-corrected chi connectivity index (χ1v) is 8.01. The molecule has 0 aliphatic heterocycles. The molecule has 2 rings (SSSR count). The number of nitrogens with one attached hydrogen (secondary N) is 2. The van der Waals surface area contributed by atoms with Gasteiger partial charge in [0, 0.05) is 16.9 Å². The van der Waals surface area contributed by atoms with Crippen molar-refractivity contribution >= 4 is 29.0 Å². The molecule has 0 radical (unpaired) electrons. The molecule has 0 aromatic heterocycles. The van der Waals surface area contributed by atoms with Crippen LogP contribution in [0.2, 0.25) is 0 Å². The summed E-state index contributed by atoms with van der Waals surface area (Å²) in [6.07, 6.45) is 0. The highest BCUT2D eigenvalue weighted by atomic mass is 16.2. The van der Waals surface area contributed by atoms with Gasteiger partial charge < -0.3 is 10.6 Å². The van der Waals surface area contributed by atoms with Crippen molar-refractivity contribution in [2.45, 2.75) is 33.1 Å². The van der Waals surface area contributed by atoms with E-state index in [9.17, 15) is 14.4 Å². The lowest BCUT2D eigenvalue weighted by atomic mass is 9.86. The van der Waals surface area contributed by atoms with Crippen molar-refractivity contribution in [2.24, 2.45) is 0 Å². The van der Waals surface area contributed by atoms with Crippen LogP contribution in [0.5, 0.6) is 0 Å². The Bertz CT molecular complexity index is 820. The largest absolute Gasteiger partial charge is 0.318 e. The average Bonchev–Trinajstić information content (AvgIpc) is 2.54. The molecule has 0 unspecified atom stereocenters. The SMILES string of the molecule is CC(=O)c1cccc(NC(=O)C(=O)Nc2ccccc2C(C)(C)C)c1. The van der Waals surface area contributed by atoms with Gasteiger partial charge in [0.2, 0.25) is 0 Å². The van der Waals surface area contributed by atoms with Gasteiger partial charge in [-0.1, -0.05) is 51.1 Å². The van der Waals surface area contributed by atoms with Crippen LogP contribution in [0.1, 0.15) is 43.6 Å². The quantitative estimate of drug-likeness (QED) is 0.661. The van der Waals surface area contributed by atoms with Crippen LogP contribution in [0.4, 0.5) is 11.4 Å². The zero-order valence-electron chi connectivity index (χ0n) is 14.8. The molecule has 130 valence electrons. The van der Waals surface area contributed by atoms with Crippen molar-refractivity contribution in [1.82, 2.24) is 0 Å². The minimum absolute atomic E-state index is 0.111. The fourth-order valence-corrected chi connectivity index (χ4v) is 2.43. The Labute approximate surface area is 147 Å². The van der Waals surface area contributed by atoms with Crippen molar-refractivity contribution in [2.75, 3.05) is 10.6 Å². The molecule has 5 nitrogen and oxygen atoms in total. The topological polar surface area (TPSA) is 75.3 Å². The standard InChI is InChI=1S/C20H22N2O3/c1-13(23)14-8-7-9-15(12-14)21-18(24)19(25)22-17-11-6-5-10-16(17)20(2,3)4/h5-12H,1-4H3,(H,21,24)(H,22,25).